The molecule has 7 heteroatoms. The SMILES string of the molecule is Cc1csc(CC(=O)N2CCN(C(=O)/C=C/c3cccc(Oc4ccccc4)c3)CC2)n1. The molecule has 0 radical (unpaired) electrons. The smallest absolute Gasteiger partial charge is 0.246 e. The molecular formula is C25H25N3O3S. The molecule has 0 atom stereocenters. The average molecular weight is 448 g/mol. The lowest BCUT2D eigenvalue weighted by Crippen LogP contribution is -2.50. The van der Waals surface area contributed by atoms with Gasteiger partial charge in [-0.25, -0.2) is 4.98 Å². The second kappa shape index (κ2) is 10.2. The van der Waals surface area contributed by atoms with E-state index in [0.717, 1.165) is 22.0 Å². The van der Waals surface area contributed by atoms with Gasteiger partial charge in [0.2, 0.25) is 11.8 Å². The number of aryl methyl sites for hydroxylation is 1. The second-order valence-corrected chi connectivity index (χ2v) is 8.53. The Morgan fingerprint density at radius 2 is 1.72 bits per heavy atom. The standard InChI is InChI=1S/C25H25N3O3S/c1-19-18-32-23(26-19)17-25(30)28-14-12-27(13-15-28)24(29)11-10-20-6-5-9-22(16-20)31-21-7-3-2-4-8-21/h2-11,16,18H,12-15,17H2,1H3/b11-10+. The largest absolute Gasteiger partial charge is 0.457 e. The van der Waals surface area contributed by atoms with Crippen LogP contribution in [0.5, 0.6) is 11.5 Å². The van der Waals surface area contributed by atoms with Gasteiger partial charge < -0.3 is 14.5 Å². The van der Waals surface area contributed by atoms with Gasteiger partial charge in [0.15, 0.2) is 0 Å². The van der Waals surface area contributed by atoms with Crippen LogP contribution in [-0.4, -0.2) is 52.8 Å². The molecular weight excluding hydrogens is 422 g/mol. The van der Waals surface area contributed by atoms with E-state index in [0.29, 0.717) is 38.3 Å². The third-order valence-electron chi connectivity index (χ3n) is 5.17. The normalized spacial score (nSPS) is 14.0. The summed E-state index contributed by atoms with van der Waals surface area (Å²) in [5.74, 6) is 1.50. The Bertz CT molecular complexity index is 1100. The van der Waals surface area contributed by atoms with Crippen LogP contribution in [-0.2, 0) is 16.0 Å². The number of para-hydroxylation sites is 1. The van der Waals surface area contributed by atoms with Crippen molar-refractivity contribution in [2.24, 2.45) is 0 Å². The predicted molar refractivity (Wildman–Crippen MR) is 126 cm³/mol. The summed E-state index contributed by atoms with van der Waals surface area (Å²) in [6.45, 7) is 4.08. The van der Waals surface area contributed by atoms with Gasteiger partial charge in [-0.05, 0) is 42.8 Å². The van der Waals surface area contributed by atoms with Crippen LogP contribution in [0.2, 0.25) is 0 Å². The van der Waals surface area contributed by atoms with Crippen molar-refractivity contribution < 1.29 is 14.3 Å². The van der Waals surface area contributed by atoms with E-state index < -0.39 is 0 Å². The Kier molecular flexibility index (Phi) is 6.97. The molecule has 1 aromatic heterocycles. The number of aromatic nitrogens is 1. The summed E-state index contributed by atoms with van der Waals surface area (Å²) < 4.78 is 5.85. The van der Waals surface area contributed by atoms with Crippen LogP contribution in [0.4, 0.5) is 0 Å². The molecule has 32 heavy (non-hydrogen) atoms. The van der Waals surface area contributed by atoms with Crippen molar-refractivity contribution in [1.29, 1.82) is 0 Å². The molecule has 1 saturated heterocycles. The third kappa shape index (κ3) is 5.82. The van der Waals surface area contributed by atoms with Gasteiger partial charge in [0.1, 0.15) is 16.5 Å². The van der Waals surface area contributed by atoms with E-state index >= 15 is 0 Å². The molecule has 2 heterocycles. The fraction of sp³-hybridized carbons (Fsp3) is 0.240. The Labute approximate surface area is 191 Å². The molecule has 4 rings (SSSR count). The highest BCUT2D eigenvalue weighted by molar-refractivity contribution is 7.09. The summed E-state index contributed by atoms with van der Waals surface area (Å²) in [5.41, 5.74) is 1.83. The number of piperazine rings is 1. The molecule has 3 aromatic rings. The van der Waals surface area contributed by atoms with E-state index in [1.165, 1.54) is 11.3 Å². The quantitative estimate of drug-likeness (QED) is 0.532. The number of amides is 2. The molecule has 1 aliphatic rings. The van der Waals surface area contributed by atoms with Crippen LogP contribution < -0.4 is 4.74 Å². The van der Waals surface area contributed by atoms with Crippen molar-refractivity contribution in [2.75, 3.05) is 26.2 Å². The molecule has 164 valence electrons. The van der Waals surface area contributed by atoms with E-state index in [1.807, 2.05) is 71.8 Å². The van der Waals surface area contributed by atoms with Crippen LogP contribution >= 0.6 is 11.3 Å². The summed E-state index contributed by atoms with van der Waals surface area (Å²) in [6.07, 6.45) is 3.70. The molecule has 0 unspecified atom stereocenters. The van der Waals surface area contributed by atoms with Crippen LogP contribution in [0.15, 0.2) is 66.1 Å². The molecule has 0 bridgehead atoms. The van der Waals surface area contributed by atoms with Crippen molar-refractivity contribution >= 4 is 29.2 Å². The van der Waals surface area contributed by atoms with Crippen molar-refractivity contribution in [3.05, 3.63) is 82.3 Å². The number of ether oxygens (including phenoxy) is 1. The molecule has 0 N–H and O–H groups in total. The zero-order valence-corrected chi connectivity index (χ0v) is 18.8. The van der Waals surface area contributed by atoms with Crippen LogP contribution in [0, 0.1) is 6.92 Å². The predicted octanol–water partition coefficient (Wildman–Crippen LogP) is 4.17. The monoisotopic (exact) mass is 447 g/mol. The lowest BCUT2D eigenvalue weighted by molar-refractivity contribution is -0.136. The first-order chi connectivity index (χ1) is 15.6. The number of thiazole rings is 1. The van der Waals surface area contributed by atoms with Crippen LogP contribution in [0.25, 0.3) is 6.08 Å². The number of rotatable bonds is 6. The molecule has 0 aliphatic carbocycles. The summed E-state index contributed by atoms with van der Waals surface area (Å²) in [4.78, 5) is 33.1. The Morgan fingerprint density at radius 3 is 2.44 bits per heavy atom. The first kappa shape index (κ1) is 21.8. The summed E-state index contributed by atoms with van der Waals surface area (Å²) in [5, 5.41) is 2.79. The van der Waals surface area contributed by atoms with E-state index in [1.54, 1.807) is 17.1 Å². The first-order valence-corrected chi connectivity index (χ1v) is 11.4. The molecule has 0 saturated carbocycles. The van der Waals surface area contributed by atoms with Gasteiger partial charge in [-0.15, -0.1) is 11.3 Å². The van der Waals surface area contributed by atoms with Crippen molar-refractivity contribution in [3.8, 4) is 11.5 Å². The zero-order valence-electron chi connectivity index (χ0n) is 17.9. The minimum atomic E-state index is -0.0537. The molecule has 0 spiro atoms. The molecule has 1 fully saturated rings. The number of hydrogen-bond donors (Lipinski definition) is 0. The second-order valence-electron chi connectivity index (χ2n) is 7.59. The van der Waals surface area contributed by atoms with Crippen LogP contribution in [0.1, 0.15) is 16.3 Å². The van der Waals surface area contributed by atoms with Gasteiger partial charge >= 0.3 is 0 Å². The fourth-order valence-corrected chi connectivity index (χ4v) is 4.24. The highest BCUT2D eigenvalue weighted by Crippen LogP contribution is 2.22. The molecule has 2 amide bonds. The van der Waals surface area contributed by atoms with E-state index in [2.05, 4.69) is 4.98 Å². The lowest BCUT2D eigenvalue weighted by atomic mass is 10.2. The Hall–Kier alpha value is -3.45. The van der Waals surface area contributed by atoms with Gasteiger partial charge in [0, 0.05) is 43.3 Å². The van der Waals surface area contributed by atoms with Gasteiger partial charge in [-0.1, -0.05) is 30.3 Å². The van der Waals surface area contributed by atoms with Crippen molar-refractivity contribution in [3.63, 3.8) is 0 Å². The minimum Gasteiger partial charge on any atom is -0.457 e. The lowest BCUT2D eigenvalue weighted by Gasteiger charge is -2.34. The maximum Gasteiger partial charge on any atom is 0.246 e. The highest BCUT2D eigenvalue weighted by atomic mass is 32.1. The molecule has 6 nitrogen and oxygen atoms in total. The van der Waals surface area contributed by atoms with Gasteiger partial charge in [-0.2, -0.15) is 0 Å². The van der Waals surface area contributed by atoms with Crippen LogP contribution in [0.3, 0.4) is 0 Å². The summed E-state index contributed by atoms with van der Waals surface area (Å²) in [6, 6.07) is 17.2. The van der Waals surface area contributed by atoms with Gasteiger partial charge in [0.25, 0.3) is 0 Å². The molecule has 1 aliphatic heterocycles. The summed E-state index contributed by atoms with van der Waals surface area (Å²) >= 11 is 1.51. The maximum absolute atomic E-state index is 12.6. The maximum atomic E-state index is 12.6. The third-order valence-corrected chi connectivity index (χ3v) is 6.14. The Balaban J connectivity index is 1.28. The van der Waals surface area contributed by atoms with E-state index in [9.17, 15) is 9.59 Å². The minimum absolute atomic E-state index is 0.0537. The fourth-order valence-electron chi connectivity index (χ4n) is 3.48. The molecule has 2 aromatic carbocycles. The number of carbonyl (C=O) groups is 2. The number of hydrogen-bond acceptors (Lipinski definition) is 5. The zero-order chi connectivity index (χ0) is 22.3. The number of carbonyl (C=O) groups excluding carboxylic acids is 2. The van der Waals surface area contributed by atoms with Crippen molar-refractivity contribution in [2.45, 2.75) is 13.3 Å². The van der Waals surface area contributed by atoms with E-state index in [-0.39, 0.29) is 11.8 Å². The topological polar surface area (TPSA) is 62.7 Å². The van der Waals surface area contributed by atoms with Gasteiger partial charge in [0.05, 0.1) is 6.42 Å². The summed E-state index contributed by atoms with van der Waals surface area (Å²) in [7, 11) is 0. The first-order valence-electron chi connectivity index (χ1n) is 10.6. The Morgan fingerprint density at radius 1 is 1.00 bits per heavy atom. The van der Waals surface area contributed by atoms with Crippen molar-refractivity contribution in [1.82, 2.24) is 14.8 Å². The number of nitrogens with zero attached hydrogens (tertiary/aromatic N) is 3. The van der Waals surface area contributed by atoms with Gasteiger partial charge in [-0.3, -0.25) is 9.59 Å². The highest BCUT2D eigenvalue weighted by Gasteiger charge is 2.23. The average Bonchev–Trinajstić information content (AvgIpc) is 3.23. The van der Waals surface area contributed by atoms with E-state index in [4.69, 9.17) is 4.74 Å². The number of benzene rings is 2.